The van der Waals surface area contributed by atoms with Gasteiger partial charge in [-0.1, -0.05) is 43.6 Å². The predicted octanol–water partition coefficient (Wildman–Crippen LogP) is 3.96. The number of rotatable bonds is 4. The summed E-state index contributed by atoms with van der Waals surface area (Å²) >= 11 is 5.82. The fourth-order valence-corrected chi connectivity index (χ4v) is 3.57. The summed E-state index contributed by atoms with van der Waals surface area (Å²) in [4.78, 5) is 26.6. The van der Waals surface area contributed by atoms with Gasteiger partial charge in [0.25, 0.3) is 0 Å². The summed E-state index contributed by atoms with van der Waals surface area (Å²) < 4.78 is 5.13. The molecule has 0 aliphatic carbocycles. The molecule has 0 saturated heterocycles. The quantitative estimate of drug-likeness (QED) is 0.490. The van der Waals surface area contributed by atoms with Crippen molar-refractivity contribution in [1.82, 2.24) is 0 Å². The van der Waals surface area contributed by atoms with E-state index in [1.807, 2.05) is 30.1 Å². The molecule has 0 atom stereocenters. The Morgan fingerprint density at radius 1 is 1.22 bits per heavy atom. The van der Waals surface area contributed by atoms with Gasteiger partial charge in [-0.05, 0) is 29.8 Å². The smallest absolute Gasteiger partial charge is 0.340 e. The van der Waals surface area contributed by atoms with Crippen molar-refractivity contribution in [3.63, 3.8) is 0 Å². The number of nitrogen functional groups attached to an aromatic ring is 1. The van der Waals surface area contributed by atoms with Crippen molar-refractivity contribution in [1.29, 1.82) is 0 Å². The number of hydrogen-bond donors (Lipinski definition) is 1. The lowest BCUT2D eigenvalue weighted by molar-refractivity contribution is -0.117. The Kier molecular flexibility index (Phi) is 4.98. The molecule has 1 aliphatic rings. The van der Waals surface area contributed by atoms with Gasteiger partial charge in [0.05, 0.1) is 5.56 Å². The first-order chi connectivity index (χ1) is 12.7. The maximum atomic E-state index is 12.4. The number of likely N-dealkylation sites (N-methyl/N-ethyl adjacent to an activating group) is 1. The van der Waals surface area contributed by atoms with E-state index in [9.17, 15) is 9.59 Å². The van der Waals surface area contributed by atoms with Crippen molar-refractivity contribution in [3.8, 4) is 0 Å². The first kappa shape index (κ1) is 19.0. The van der Waals surface area contributed by atoms with Crippen LogP contribution in [-0.2, 0) is 14.9 Å². The molecule has 27 heavy (non-hydrogen) atoms. The SMILES string of the molecule is CN1/C(=C\C(=O)COC(=O)c2ccc(Cl)cc2N)C(C)(C)c2ccccc21. The van der Waals surface area contributed by atoms with Crippen LogP contribution in [0.5, 0.6) is 0 Å². The largest absolute Gasteiger partial charge is 0.454 e. The molecular formula is C21H21ClN2O3. The summed E-state index contributed by atoms with van der Waals surface area (Å²) in [5.41, 5.74) is 8.93. The van der Waals surface area contributed by atoms with Crippen molar-refractivity contribution in [2.45, 2.75) is 19.3 Å². The maximum absolute atomic E-state index is 12.4. The summed E-state index contributed by atoms with van der Waals surface area (Å²) in [6, 6.07) is 12.5. The molecule has 0 aromatic heterocycles. The van der Waals surface area contributed by atoms with Gasteiger partial charge in [0.15, 0.2) is 12.4 Å². The molecule has 2 aromatic rings. The minimum atomic E-state index is -0.654. The van der Waals surface area contributed by atoms with Crippen molar-refractivity contribution in [2.75, 3.05) is 24.3 Å². The third-order valence-corrected chi connectivity index (χ3v) is 5.05. The number of esters is 1. The third-order valence-electron chi connectivity index (χ3n) is 4.82. The normalized spacial score (nSPS) is 16.3. The predicted molar refractivity (Wildman–Crippen MR) is 107 cm³/mol. The number of carbonyl (C=O) groups excluding carboxylic acids is 2. The molecule has 0 bridgehead atoms. The lowest BCUT2D eigenvalue weighted by Gasteiger charge is -2.23. The van der Waals surface area contributed by atoms with E-state index in [1.165, 1.54) is 12.1 Å². The second kappa shape index (κ2) is 7.08. The molecule has 0 amide bonds. The number of benzene rings is 2. The van der Waals surface area contributed by atoms with Gasteiger partial charge in [-0.15, -0.1) is 0 Å². The van der Waals surface area contributed by atoms with E-state index < -0.39 is 5.97 Å². The Balaban J connectivity index is 1.73. The van der Waals surface area contributed by atoms with Crippen LogP contribution >= 0.6 is 11.6 Å². The van der Waals surface area contributed by atoms with Crippen LogP contribution < -0.4 is 10.6 Å². The standard InChI is InChI=1S/C21H21ClN2O3/c1-21(2)16-6-4-5-7-18(16)24(3)19(21)11-14(25)12-27-20(26)15-9-8-13(22)10-17(15)23/h4-11H,12,23H2,1-3H3/b19-11-. The molecule has 0 fully saturated rings. The van der Waals surface area contributed by atoms with Gasteiger partial charge in [0.1, 0.15) is 0 Å². The Labute approximate surface area is 163 Å². The van der Waals surface area contributed by atoms with Crippen LogP contribution in [0, 0.1) is 0 Å². The van der Waals surface area contributed by atoms with Gasteiger partial charge >= 0.3 is 5.97 Å². The molecular weight excluding hydrogens is 364 g/mol. The lowest BCUT2D eigenvalue weighted by atomic mass is 9.83. The minimum absolute atomic E-state index is 0.186. The van der Waals surface area contributed by atoms with Gasteiger partial charge in [0, 0.05) is 40.6 Å². The number of halogens is 1. The number of para-hydroxylation sites is 1. The second-order valence-electron chi connectivity index (χ2n) is 7.00. The van der Waals surface area contributed by atoms with E-state index in [1.54, 1.807) is 12.1 Å². The number of carbonyl (C=O) groups is 2. The number of allylic oxidation sites excluding steroid dienone is 1. The molecule has 2 aromatic carbocycles. The van der Waals surface area contributed by atoms with E-state index in [2.05, 4.69) is 19.9 Å². The van der Waals surface area contributed by atoms with E-state index in [0.717, 1.165) is 16.9 Å². The Morgan fingerprint density at radius 3 is 2.59 bits per heavy atom. The van der Waals surface area contributed by atoms with E-state index in [0.29, 0.717) is 5.02 Å². The van der Waals surface area contributed by atoms with Crippen LogP contribution in [0.1, 0.15) is 29.8 Å². The molecule has 0 spiro atoms. The zero-order chi connectivity index (χ0) is 19.8. The summed E-state index contributed by atoms with van der Waals surface area (Å²) in [6.45, 7) is 3.77. The van der Waals surface area contributed by atoms with Crippen LogP contribution in [0.25, 0.3) is 0 Å². The van der Waals surface area contributed by atoms with E-state index >= 15 is 0 Å². The van der Waals surface area contributed by atoms with E-state index in [4.69, 9.17) is 22.1 Å². The zero-order valence-electron chi connectivity index (χ0n) is 15.5. The average molecular weight is 385 g/mol. The highest BCUT2D eigenvalue weighted by atomic mass is 35.5. The number of nitrogens with two attached hydrogens (primary N) is 1. The maximum Gasteiger partial charge on any atom is 0.340 e. The molecule has 140 valence electrons. The second-order valence-corrected chi connectivity index (χ2v) is 7.44. The molecule has 0 unspecified atom stereocenters. The molecule has 2 N–H and O–H groups in total. The molecule has 1 heterocycles. The topological polar surface area (TPSA) is 72.6 Å². The van der Waals surface area contributed by atoms with E-state index in [-0.39, 0.29) is 29.1 Å². The van der Waals surface area contributed by atoms with Crippen molar-refractivity contribution < 1.29 is 14.3 Å². The number of ketones is 1. The van der Waals surface area contributed by atoms with Crippen molar-refractivity contribution in [2.24, 2.45) is 0 Å². The Hall–Kier alpha value is -2.79. The number of anilines is 2. The summed E-state index contributed by atoms with van der Waals surface area (Å²) in [5.74, 6) is -0.947. The first-order valence-corrected chi connectivity index (χ1v) is 8.90. The highest BCUT2D eigenvalue weighted by Crippen LogP contribution is 2.46. The van der Waals surface area contributed by atoms with Crippen molar-refractivity contribution >= 4 is 34.7 Å². The fraction of sp³-hybridized carbons (Fsp3) is 0.238. The van der Waals surface area contributed by atoms with Gasteiger partial charge in [-0.2, -0.15) is 0 Å². The van der Waals surface area contributed by atoms with Gasteiger partial charge in [-0.25, -0.2) is 4.79 Å². The number of fused-ring (bicyclic) bond motifs is 1. The molecule has 1 aliphatic heterocycles. The molecule has 5 nitrogen and oxygen atoms in total. The van der Waals surface area contributed by atoms with Gasteiger partial charge < -0.3 is 15.4 Å². The summed E-state index contributed by atoms with van der Waals surface area (Å²) in [7, 11) is 1.92. The number of hydrogen-bond acceptors (Lipinski definition) is 5. The molecule has 6 heteroatoms. The van der Waals surface area contributed by atoms with Gasteiger partial charge in [0.2, 0.25) is 0 Å². The molecule has 0 saturated carbocycles. The zero-order valence-corrected chi connectivity index (χ0v) is 16.2. The number of nitrogens with zero attached hydrogens (tertiary/aromatic N) is 1. The van der Waals surface area contributed by atoms with Crippen LogP contribution in [0.2, 0.25) is 5.02 Å². The Bertz CT molecular complexity index is 950. The highest BCUT2D eigenvalue weighted by molar-refractivity contribution is 6.31. The number of ether oxygens (including phenoxy) is 1. The Morgan fingerprint density at radius 2 is 1.93 bits per heavy atom. The summed E-state index contributed by atoms with van der Waals surface area (Å²) in [6.07, 6.45) is 1.54. The first-order valence-electron chi connectivity index (χ1n) is 8.52. The molecule has 0 radical (unpaired) electrons. The highest BCUT2D eigenvalue weighted by Gasteiger charge is 2.38. The monoisotopic (exact) mass is 384 g/mol. The van der Waals surface area contributed by atoms with Gasteiger partial charge in [-0.3, -0.25) is 4.79 Å². The minimum Gasteiger partial charge on any atom is -0.454 e. The fourth-order valence-electron chi connectivity index (χ4n) is 3.39. The van der Waals surface area contributed by atoms with Crippen LogP contribution in [-0.4, -0.2) is 25.4 Å². The average Bonchev–Trinajstić information content (AvgIpc) is 2.81. The molecule has 3 rings (SSSR count). The third kappa shape index (κ3) is 3.55. The van der Waals surface area contributed by atoms with Crippen LogP contribution in [0.3, 0.4) is 0 Å². The van der Waals surface area contributed by atoms with Crippen LogP contribution in [0.15, 0.2) is 54.2 Å². The summed E-state index contributed by atoms with van der Waals surface area (Å²) in [5, 5.41) is 0.427. The van der Waals surface area contributed by atoms with Crippen molar-refractivity contribution in [3.05, 3.63) is 70.4 Å². The van der Waals surface area contributed by atoms with Crippen LogP contribution in [0.4, 0.5) is 11.4 Å². The lowest BCUT2D eigenvalue weighted by Crippen LogP contribution is -2.25.